The van der Waals surface area contributed by atoms with E-state index in [1.54, 1.807) is 0 Å². The molecule has 0 saturated carbocycles. The molecule has 192 valence electrons. The summed E-state index contributed by atoms with van der Waals surface area (Å²) >= 11 is 0. The fraction of sp³-hybridized carbons (Fsp3) is 0.333. The van der Waals surface area contributed by atoms with E-state index >= 15 is 0 Å². The quantitative estimate of drug-likeness (QED) is 0.121. The molecule has 2 amide bonds. The highest BCUT2D eigenvalue weighted by Gasteiger charge is 2.38. The molecule has 8 N–H and O–H groups in total. The molecular formula is C24H28N4O8. The number of fused-ring (bicyclic) bond motifs is 2. The van der Waals surface area contributed by atoms with E-state index in [9.17, 15) is 29.4 Å². The van der Waals surface area contributed by atoms with Gasteiger partial charge in [0.1, 0.15) is 11.5 Å². The first-order valence-corrected chi connectivity index (χ1v) is 11.3. The highest BCUT2D eigenvalue weighted by atomic mass is 16.3. The number of carbonyl (C=O) groups excluding carboxylic acids is 4. The molecule has 12 heteroatoms. The summed E-state index contributed by atoms with van der Waals surface area (Å²) in [5.41, 5.74) is -1.23. The monoisotopic (exact) mass is 500 g/mol. The average molecular weight is 501 g/mol. The molecule has 3 rings (SSSR count). The highest BCUT2D eigenvalue weighted by Crippen LogP contribution is 2.42. The molecule has 12 nitrogen and oxygen atoms in total. The van der Waals surface area contributed by atoms with Gasteiger partial charge in [0, 0.05) is 39.0 Å². The van der Waals surface area contributed by atoms with Crippen molar-refractivity contribution >= 4 is 34.8 Å². The van der Waals surface area contributed by atoms with E-state index in [0.29, 0.717) is 13.1 Å². The Kier molecular flexibility index (Phi) is 9.08. The number of aliphatic hydroxyl groups excluding tert-OH is 2. The molecule has 0 saturated heterocycles. The summed E-state index contributed by atoms with van der Waals surface area (Å²) in [4.78, 5) is 51.8. The van der Waals surface area contributed by atoms with Crippen LogP contribution >= 0.6 is 0 Å². The van der Waals surface area contributed by atoms with E-state index < -0.39 is 46.0 Å². The van der Waals surface area contributed by atoms with Crippen LogP contribution in [0.5, 0.6) is 11.5 Å². The molecule has 0 fully saturated rings. The van der Waals surface area contributed by atoms with Gasteiger partial charge in [0.05, 0.1) is 46.8 Å². The van der Waals surface area contributed by atoms with E-state index in [2.05, 4.69) is 21.3 Å². The predicted octanol–water partition coefficient (Wildman–Crippen LogP) is -0.306. The Morgan fingerprint density at radius 1 is 0.611 bits per heavy atom. The van der Waals surface area contributed by atoms with E-state index in [0.717, 1.165) is 12.1 Å². The summed E-state index contributed by atoms with van der Waals surface area (Å²) in [6.45, 7) is 0.950. The van der Waals surface area contributed by atoms with E-state index in [-0.39, 0.29) is 61.6 Å². The van der Waals surface area contributed by atoms with Crippen LogP contribution in [-0.4, -0.2) is 83.2 Å². The molecule has 2 aromatic carbocycles. The fourth-order valence-electron chi connectivity index (χ4n) is 3.81. The number of hydrogen-bond donors (Lipinski definition) is 8. The normalized spacial score (nSPS) is 12.2. The molecule has 2 aromatic rings. The number of phenols is 2. The number of carbonyl (C=O) groups is 4. The van der Waals surface area contributed by atoms with Crippen molar-refractivity contribution in [3.63, 3.8) is 0 Å². The predicted molar refractivity (Wildman–Crippen MR) is 129 cm³/mol. The van der Waals surface area contributed by atoms with Crippen molar-refractivity contribution in [2.24, 2.45) is 0 Å². The Balaban J connectivity index is 1.98. The number of nitrogens with one attached hydrogen (secondary N) is 4. The van der Waals surface area contributed by atoms with Gasteiger partial charge in [-0.25, -0.2) is 0 Å². The first kappa shape index (κ1) is 26.8. The van der Waals surface area contributed by atoms with Gasteiger partial charge in [-0.05, 0) is 24.3 Å². The number of ketones is 2. The maximum atomic E-state index is 13.4. The third-order valence-corrected chi connectivity index (χ3v) is 5.46. The van der Waals surface area contributed by atoms with Crippen LogP contribution in [0.2, 0.25) is 0 Å². The van der Waals surface area contributed by atoms with Crippen molar-refractivity contribution in [1.29, 1.82) is 0 Å². The van der Waals surface area contributed by atoms with E-state index in [1.165, 1.54) is 12.1 Å². The number of hydrogen-bond acceptors (Lipinski definition) is 10. The first-order valence-electron chi connectivity index (χ1n) is 11.3. The van der Waals surface area contributed by atoms with Crippen molar-refractivity contribution in [3.8, 4) is 11.5 Å². The number of anilines is 2. The van der Waals surface area contributed by atoms with E-state index in [1.807, 2.05) is 0 Å². The van der Waals surface area contributed by atoms with Crippen LogP contribution in [0.4, 0.5) is 11.4 Å². The molecule has 36 heavy (non-hydrogen) atoms. The lowest BCUT2D eigenvalue weighted by Crippen LogP contribution is -2.28. The molecule has 1 aliphatic rings. The summed E-state index contributed by atoms with van der Waals surface area (Å²) in [6.07, 6.45) is 0.0255. The van der Waals surface area contributed by atoms with Crippen LogP contribution in [0, 0.1) is 0 Å². The molecule has 0 radical (unpaired) electrons. The Morgan fingerprint density at radius 3 is 1.36 bits per heavy atom. The second-order valence-corrected chi connectivity index (χ2v) is 7.97. The zero-order valence-corrected chi connectivity index (χ0v) is 19.4. The minimum Gasteiger partial charge on any atom is -0.507 e. The number of rotatable bonds is 12. The van der Waals surface area contributed by atoms with Crippen molar-refractivity contribution in [3.05, 3.63) is 46.5 Å². The van der Waals surface area contributed by atoms with Gasteiger partial charge in [-0.15, -0.1) is 0 Å². The Morgan fingerprint density at radius 2 is 1.00 bits per heavy atom. The molecule has 0 spiro atoms. The number of amides is 2. The van der Waals surface area contributed by atoms with Gasteiger partial charge < -0.3 is 41.7 Å². The van der Waals surface area contributed by atoms with Gasteiger partial charge in [-0.3, -0.25) is 19.2 Å². The summed E-state index contributed by atoms with van der Waals surface area (Å²) in [7, 11) is 0. The largest absolute Gasteiger partial charge is 0.507 e. The molecule has 0 unspecified atom stereocenters. The van der Waals surface area contributed by atoms with Gasteiger partial charge in [0.25, 0.3) is 0 Å². The summed E-state index contributed by atoms with van der Waals surface area (Å²) in [5.74, 6) is -3.57. The minimum atomic E-state index is -0.803. The van der Waals surface area contributed by atoms with Crippen molar-refractivity contribution < 1.29 is 39.6 Å². The maximum absolute atomic E-state index is 13.4. The lowest BCUT2D eigenvalue weighted by molar-refractivity contribution is -0.117. The molecule has 0 aromatic heterocycles. The molecule has 0 aliphatic heterocycles. The summed E-state index contributed by atoms with van der Waals surface area (Å²) in [5, 5.41) is 49.1. The van der Waals surface area contributed by atoms with Crippen LogP contribution < -0.4 is 21.3 Å². The van der Waals surface area contributed by atoms with Crippen LogP contribution in [0.15, 0.2) is 24.3 Å². The standard InChI is InChI=1S/C24H28N4O8/c29-11-9-25-7-5-17(33)27-13-1-2-14(28-18(34)6-8-26-10-12-30)20-19(13)23(35)21-15(31)3-4-16(32)22(21)24(20)36/h1-4,25-26,29-32H,5-12H2,(H,27,33)(H,28,34). The average Bonchev–Trinajstić information content (AvgIpc) is 2.85. The highest BCUT2D eigenvalue weighted by molar-refractivity contribution is 6.34. The first-order chi connectivity index (χ1) is 17.3. The van der Waals surface area contributed by atoms with Crippen molar-refractivity contribution in [2.75, 3.05) is 50.0 Å². The zero-order chi connectivity index (χ0) is 26.2. The van der Waals surface area contributed by atoms with Gasteiger partial charge in [0.2, 0.25) is 23.4 Å². The minimum absolute atomic E-state index is 0.00603. The zero-order valence-electron chi connectivity index (χ0n) is 19.4. The van der Waals surface area contributed by atoms with Gasteiger partial charge in [0.15, 0.2) is 0 Å². The molecule has 0 heterocycles. The van der Waals surface area contributed by atoms with Crippen molar-refractivity contribution in [1.82, 2.24) is 10.6 Å². The SMILES string of the molecule is O=C(CCNCCO)Nc1ccc(NC(=O)CCNCCO)c2c1C(=O)c1c(O)ccc(O)c1C2=O. The van der Waals surface area contributed by atoms with Crippen LogP contribution in [-0.2, 0) is 9.59 Å². The van der Waals surface area contributed by atoms with Gasteiger partial charge >= 0.3 is 0 Å². The second kappa shape index (κ2) is 12.2. The fourth-order valence-corrected chi connectivity index (χ4v) is 3.81. The topological polar surface area (TPSA) is 197 Å². The van der Waals surface area contributed by atoms with Crippen LogP contribution in [0.25, 0.3) is 0 Å². The number of phenolic OH excluding ortho intramolecular Hbond substituents is 2. The van der Waals surface area contributed by atoms with Gasteiger partial charge in [-0.2, -0.15) is 0 Å². The summed E-state index contributed by atoms with van der Waals surface area (Å²) in [6, 6.07) is 4.90. The molecule has 0 bridgehead atoms. The maximum Gasteiger partial charge on any atom is 0.225 e. The van der Waals surface area contributed by atoms with Crippen LogP contribution in [0.1, 0.15) is 44.7 Å². The van der Waals surface area contributed by atoms with Gasteiger partial charge in [-0.1, -0.05) is 0 Å². The number of aromatic hydroxyl groups is 2. The Labute approximate surface area is 206 Å². The Hall–Kier alpha value is -3.84. The molecule has 1 aliphatic carbocycles. The van der Waals surface area contributed by atoms with Crippen LogP contribution in [0.3, 0.4) is 0 Å². The third kappa shape index (κ3) is 5.86. The second-order valence-electron chi connectivity index (χ2n) is 7.97. The lowest BCUT2D eigenvalue weighted by Gasteiger charge is -2.24. The molecule has 0 atom stereocenters. The number of benzene rings is 2. The Bertz CT molecular complexity index is 1090. The summed E-state index contributed by atoms with van der Waals surface area (Å²) < 4.78 is 0. The number of aliphatic hydroxyl groups is 2. The van der Waals surface area contributed by atoms with Crippen molar-refractivity contribution in [2.45, 2.75) is 12.8 Å². The smallest absolute Gasteiger partial charge is 0.225 e. The van der Waals surface area contributed by atoms with E-state index in [4.69, 9.17) is 10.2 Å². The third-order valence-electron chi connectivity index (χ3n) is 5.46. The lowest BCUT2D eigenvalue weighted by atomic mass is 9.81. The molecular weight excluding hydrogens is 472 g/mol.